The highest BCUT2D eigenvalue weighted by Gasteiger charge is 2.36. The first-order valence-electron chi connectivity index (χ1n) is 5.71. The average Bonchev–Trinajstić information content (AvgIpc) is 2.12. The van der Waals surface area contributed by atoms with Gasteiger partial charge in [0.05, 0.1) is 11.7 Å². The zero-order chi connectivity index (χ0) is 9.86. The number of aliphatic hydroxyl groups is 1. The van der Waals surface area contributed by atoms with E-state index < -0.39 is 0 Å². The normalized spacial score (nSPS) is 40.5. The van der Waals surface area contributed by atoms with Crippen molar-refractivity contribution in [2.24, 2.45) is 0 Å². The fourth-order valence-corrected chi connectivity index (χ4v) is 2.49. The van der Waals surface area contributed by atoms with E-state index in [9.17, 15) is 5.11 Å². The molecule has 0 saturated carbocycles. The van der Waals surface area contributed by atoms with Crippen molar-refractivity contribution in [3.05, 3.63) is 0 Å². The molecule has 2 rings (SSSR count). The van der Waals surface area contributed by atoms with E-state index in [1.807, 2.05) is 0 Å². The quantitative estimate of drug-likeness (QED) is 0.644. The van der Waals surface area contributed by atoms with Gasteiger partial charge in [0, 0.05) is 26.2 Å². The molecular formula is C11H20O3. The van der Waals surface area contributed by atoms with Gasteiger partial charge in [-0.1, -0.05) is 0 Å². The lowest BCUT2D eigenvalue weighted by atomic mass is 9.84. The summed E-state index contributed by atoms with van der Waals surface area (Å²) in [5.41, 5.74) is -0.0713. The summed E-state index contributed by atoms with van der Waals surface area (Å²) in [6.07, 6.45) is 5.76. The Morgan fingerprint density at radius 1 is 1.07 bits per heavy atom. The minimum Gasteiger partial charge on any atom is -0.393 e. The Balaban J connectivity index is 1.95. The van der Waals surface area contributed by atoms with Gasteiger partial charge in [-0.25, -0.2) is 0 Å². The highest BCUT2D eigenvalue weighted by molar-refractivity contribution is 4.87. The van der Waals surface area contributed by atoms with Crippen LogP contribution in [-0.4, -0.2) is 36.6 Å². The molecule has 82 valence electrons. The van der Waals surface area contributed by atoms with Gasteiger partial charge >= 0.3 is 0 Å². The molecule has 1 N–H and O–H groups in total. The molecule has 3 heteroatoms. The third kappa shape index (κ3) is 2.47. The SMILES string of the molecule is OC1CCOC2(CCCCOCC2)C1. The van der Waals surface area contributed by atoms with Crippen molar-refractivity contribution in [1.29, 1.82) is 0 Å². The van der Waals surface area contributed by atoms with Crippen LogP contribution in [-0.2, 0) is 9.47 Å². The predicted molar refractivity (Wildman–Crippen MR) is 53.2 cm³/mol. The van der Waals surface area contributed by atoms with Crippen molar-refractivity contribution >= 4 is 0 Å². The lowest BCUT2D eigenvalue weighted by molar-refractivity contribution is -0.139. The number of rotatable bonds is 0. The fourth-order valence-electron chi connectivity index (χ4n) is 2.49. The highest BCUT2D eigenvalue weighted by atomic mass is 16.5. The van der Waals surface area contributed by atoms with Gasteiger partial charge in [0.2, 0.25) is 0 Å². The molecule has 0 aromatic carbocycles. The van der Waals surface area contributed by atoms with Crippen LogP contribution < -0.4 is 0 Å². The molecule has 14 heavy (non-hydrogen) atoms. The third-order valence-corrected chi connectivity index (χ3v) is 3.34. The van der Waals surface area contributed by atoms with Gasteiger partial charge in [-0.3, -0.25) is 0 Å². The molecule has 1 spiro atoms. The Hall–Kier alpha value is -0.120. The monoisotopic (exact) mass is 200 g/mol. The number of ether oxygens (including phenoxy) is 2. The summed E-state index contributed by atoms with van der Waals surface area (Å²) in [5, 5.41) is 9.67. The molecule has 0 bridgehead atoms. The van der Waals surface area contributed by atoms with E-state index >= 15 is 0 Å². The van der Waals surface area contributed by atoms with E-state index in [0.717, 1.165) is 51.7 Å². The van der Waals surface area contributed by atoms with Gasteiger partial charge in [0.25, 0.3) is 0 Å². The van der Waals surface area contributed by atoms with Gasteiger partial charge in [0.1, 0.15) is 0 Å². The van der Waals surface area contributed by atoms with Crippen LogP contribution in [0.2, 0.25) is 0 Å². The molecule has 2 aliphatic rings. The van der Waals surface area contributed by atoms with E-state index in [2.05, 4.69) is 0 Å². The highest BCUT2D eigenvalue weighted by Crippen LogP contribution is 2.34. The smallest absolute Gasteiger partial charge is 0.0729 e. The summed E-state index contributed by atoms with van der Waals surface area (Å²) in [6.45, 7) is 2.38. The summed E-state index contributed by atoms with van der Waals surface area (Å²) >= 11 is 0. The molecule has 2 unspecified atom stereocenters. The average molecular weight is 200 g/mol. The second-order valence-electron chi connectivity index (χ2n) is 4.50. The van der Waals surface area contributed by atoms with Gasteiger partial charge in [-0.15, -0.1) is 0 Å². The van der Waals surface area contributed by atoms with Gasteiger partial charge in [-0.05, 0) is 32.1 Å². The Morgan fingerprint density at radius 2 is 2.00 bits per heavy atom. The molecule has 0 amide bonds. The maximum absolute atomic E-state index is 9.67. The van der Waals surface area contributed by atoms with Crippen molar-refractivity contribution in [3.63, 3.8) is 0 Å². The Morgan fingerprint density at radius 3 is 2.86 bits per heavy atom. The van der Waals surface area contributed by atoms with E-state index in [1.165, 1.54) is 0 Å². The first kappa shape index (κ1) is 10.4. The topological polar surface area (TPSA) is 38.7 Å². The minimum atomic E-state index is -0.164. The summed E-state index contributed by atoms with van der Waals surface area (Å²) in [6, 6.07) is 0. The number of aliphatic hydroxyl groups excluding tert-OH is 1. The van der Waals surface area contributed by atoms with Crippen LogP contribution in [0.1, 0.15) is 38.5 Å². The van der Waals surface area contributed by atoms with E-state index in [4.69, 9.17) is 9.47 Å². The summed E-state index contributed by atoms with van der Waals surface area (Å²) < 4.78 is 11.3. The van der Waals surface area contributed by atoms with Crippen LogP contribution in [0.25, 0.3) is 0 Å². The molecule has 2 fully saturated rings. The minimum absolute atomic E-state index is 0.0713. The van der Waals surface area contributed by atoms with Crippen molar-refractivity contribution in [3.8, 4) is 0 Å². The second kappa shape index (κ2) is 4.60. The van der Waals surface area contributed by atoms with Gasteiger partial charge in [-0.2, -0.15) is 0 Å². The van der Waals surface area contributed by atoms with E-state index in [-0.39, 0.29) is 11.7 Å². The first-order chi connectivity index (χ1) is 6.81. The molecule has 2 atom stereocenters. The second-order valence-corrected chi connectivity index (χ2v) is 4.50. The number of hydrogen-bond donors (Lipinski definition) is 1. The Kier molecular flexibility index (Phi) is 3.42. The summed E-state index contributed by atoms with van der Waals surface area (Å²) in [4.78, 5) is 0. The zero-order valence-electron chi connectivity index (χ0n) is 8.71. The van der Waals surface area contributed by atoms with Crippen LogP contribution >= 0.6 is 0 Å². The first-order valence-corrected chi connectivity index (χ1v) is 5.71. The molecule has 2 aliphatic heterocycles. The predicted octanol–water partition coefficient (Wildman–Crippen LogP) is 1.49. The zero-order valence-corrected chi connectivity index (χ0v) is 8.71. The molecule has 2 saturated heterocycles. The molecule has 0 aliphatic carbocycles. The molecule has 3 nitrogen and oxygen atoms in total. The molecule has 0 radical (unpaired) electrons. The maximum atomic E-state index is 9.67. The fraction of sp³-hybridized carbons (Fsp3) is 1.00. The van der Waals surface area contributed by atoms with Crippen LogP contribution in [0, 0.1) is 0 Å². The van der Waals surface area contributed by atoms with E-state index in [0.29, 0.717) is 6.61 Å². The third-order valence-electron chi connectivity index (χ3n) is 3.34. The van der Waals surface area contributed by atoms with Gasteiger partial charge < -0.3 is 14.6 Å². The summed E-state index contributed by atoms with van der Waals surface area (Å²) in [5.74, 6) is 0. The van der Waals surface area contributed by atoms with Crippen LogP contribution in [0.15, 0.2) is 0 Å². The Labute approximate surface area is 85.4 Å². The number of hydrogen-bond acceptors (Lipinski definition) is 3. The van der Waals surface area contributed by atoms with Crippen molar-refractivity contribution in [2.75, 3.05) is 19.8 Å². The van der Waals surface area contributed by atoms with Gasteiger partial charge in [0.15, 0.2) is 0 Å². The largest absolute Gasteiger partial charge is 0.393 e. The van der Waals surface area contributed by atoms with Crippen LogP contribution in [0.3, 0.4) is 0 Å². The lowest BCUT2D eigenvalue weighted by Crippen LogP contribution is -2.43. The molecular weight excluding hydrogens is 180 g/mol. The molecule has 2 heterocycles. The molecule has 0 aromatic rings. The molecule has 0 aromatic heterocycles. The van der Waals surface area contributed by atoms with Crippen molar-refractivity contribution < 1.29 is 14.6 Å². The van der Waals surface area contributed by atoms with Crippen molar-refractivity contribution in [1.82, 2.24) is 0 Å². The van der Waals surface area contributed by atoms with Crippen molar-refractivity contribution in [2.45, 2.75) is 50.2 Å². The standard InChI is InChI=1S/C11H20O3/c12-10-3-7-14-11(9-10)4-1-2-6-13-8-5-11/h10,12H,1-9H2. The maximum Gasteiger partial charge on any atom is 0.0729 e. The lowest BCUT2D eigenvalue weighted by Gasteiger charge is -2.40. The Bertz CT molecular complexity index is 173. The summed E-state index contributed by atoms with van der Waals surface area (Å²) in [7, 11) is 0. The van der Waals surface area contributed by atoms with Crippen LogP contribution in [0.4, 0.5) is 0 Å². The van der Waals surface area contributed by atoms with Crippen LogP contribution in [0.5, 0.6) is 0 Å². The van der Waals surface area contributed by atoms with E-state index in [1.54, 1.807) is 0 Å².